The van der Waals surface area contributed by atoms with Crippen molar-refractivity contribution in [3.63, 3.8) is 0 Å². The molecule has 0 amide bonds. The van der Waals surface area contributed by atoms with Gasteiger partial charge in [-0.15, -0.1) is 0 Å². The first-order valence-electron chi connectivity index (χ1n) is 7.07. The molecular weight excluding hydrogens is 250 g/mol. The van der Waals surface area contributed by atoms with Crippen LogP contribution in [0.15, 0.2) is 30.7 Å². The van der Waals surface area contributed by atoms with Gasteiger partial charge >= 0.3 is 0 Å². The number of anilines is 1. The topological polar surface area (TPSA) is 46.0 Å². The van der Waals surface area contributed by atoms with Gasteiger partial charge in [0.15, 0.2) is 5.82 Å². The highest BCUT2D eigenvalue weighted by molar-refractivity contribution is 5.57. The molecule has 5 nitrogen and oxygen atoms in total. The highest BCUT2D eigenvalue weighted by atomic mass is 15.2. The maximum Gasteiger partial charge on any atom is 0.161 e. The van der Waals surface area contributed by atoms with E-state index in [4.69, 9.17) is 0 Å². The summed E-state index contributed by atoms with van der Waals surface area (Å²) in [6.45, 7) is 5.33. The van der Waals surface area contributed by atoms with Crippen molar-refractivity contribution in [1.82, 2.24) is 19.4 Å². The fourth-order valence-corrected chi connectivity index (χ4v) is 2.82. The van der Waals surface area contributed by atoms with Gasteiger partial charge in [0.1, 0.15) is 5.82 Å². The molecule has 0 aromatic carbocycles. The molecular formula is C15H21N5. The first kappa shape index (κ1) is 13.1. The quantitative estimate of drug-likeness (QED) is 0.928. The summed E-state index contributed by atoms with van der Waals surface area (Å²) >= 11 is 0. The fraction of sp³-hybridized carbons (Fsp3) is 0.467. The zero-order chi connectivity index (χ0) is 14.1. The zero-order valence-corrected chi connectivity index (χ0v) is 12.2. The van der Waals surface area contributed by atoms with Crippen molar-refractivity contribution in [2.45, 2.75) is 32.4 Å². The molecule has 3 heterocycles. The van der Waals surface area contributed by atoms with Crippen LogP contribution in [0.1, 0.15) is 19.2 Å². The number of aryl methyl sites for hydroxylation is 1. The Bertz CT molecular complexity index is 581. The van der Waals surface area contributed by atoms with Crippen LogP contribution >= 0.6 is 0 Å². The lowest BCUT2D eigenvalue weighted by atomic mass is 10.2. The summed E-state index contributed by atoms with van der Waals surface area (Å²) in [5.74, 6) is 1.87. The predicted molar refractivity (Wildman–Crippen MR) is 80.2 cm³/mol. The van der Waals surface area contributed by atoms with Crippen LogP contribution < -0.4 is 5.32 Å². The lowest BCUT2D eigenvalue weighted by Gasteiger charge is -2.17. The summed E-state index contributed by atoms with van der Waals surface area (Å²) in [6.07, 6.45) is 6.74. The third kappa shape index (κ3) is 2.41. The van der Waals surface area contributed by atoms with Gasteiger partial charge in [0, 0.05) is 37.2 Å². The van der Waals surface area contributed by atoms with E-state index in [1.54, 1.807) is 6.20 Å². The molecule has 5 heteroatoms. The van der Waals surface area contributed by atoms with Crippen LogP contribution in [0.5, 0.6) is 0 Å². The zero-order valence-electron chi connectivity index (χ0n) is 12.2. The van der Waals surface area contributed by atoms with E-state index >= 15 is 0 Å². The van der Waals surface area contributed by atoms with Crippen LogP contribution in [0, 0.1) is 6.92 Å². The summed E-state index contributed by atoms with van der Waals surface area (Å²) in [5, 5.41) is 3.63. The summed E-state index contributed by atoms with van der Waals surface area (Å²) in [7, 11) is 2.18. The minimum absolute atomic E-state index is 0.474. The van der Waals surface area contributed by atoms with Crippen LogP contribution in [0.3, 0.4) is 0 Å². The van der Waals surface area contributed by atoms with Crippen LogP contribution in [-0.4, -0.2) is 45.1 Å². The van der Waals surface area contributed by atoms with Crippen LogP contribution in [0.2, 0.25) is 0 Å². The number of imidazole rings is 1. The Balaban J connectivity index is 1.86. The number of likely N-dealkylation sites (tertiary alicyclic amines) is 1. The van der Waals surface area contributed by atoms with E-state index in [1.807, 2.05) is 30.0 Å². The average Bonchev–Trinajstić information content (AvgIpc) is 2.97. The standard InChI is InChI=1S/C15H21N5/c1-11-9-13(10-19(11)3)18-14-5-4-6-17-15(14)20-8-7-16-12(20)2/h4-8,11,13,18H,9-10H2,1-3H3. The molecule has 1 aliphatic rings. The van der Waals surface area contributed by atoms with Crippen LogP contribution in [0.25, 0.3) is 5.82 Å². The van der Waals surface area contributed by atoms with Crippen LogP contribution in [-0.2, 0) is 0 Å². The van der Waals surface area contributed by atoms with Crippen LogP contribution in [0.4, 0.5) is 5.69 Å². The molecule has 1 N–H and O–H groups in total. The monoisotopic (exact) mass is 271 g/mol. The van der Waals surface area contributed by atoms with Crippen molar-refractivity contribution in [2.75, 3.05) is 18.9 Å². The predicted octanol–water partition coefficient (Wildman–Crippen LogP) is 2.08. The van der Waals surface area contributed by atoms with E-state index in [0.29, 0.717) is 12.1 Å². The molecule has 20 heavy (non-hydrogen) atoms. The number of hydrogen-bond donors (Lipinski definition) is 1. The number of nitrogens with zero attached hydrogens (tertiary/aromatic N) is 4. The molecule has 2 unspecified atom stereocenters. The third-order valence-electron chi connectivity index (χ3n) is 4.09. The lowest BCUT2D eigenvalue weighted by Crippen LogP contribution is -2.25. The number of nitrogens with one attached hydrogen (secondary N) is 1. The number of aromatic nitrogens is 3. The van der Waals surface area contributed by atoms with Crippen molar-refractivity contribution in [3.05, 3.63) is 36.5 Å². The van der Waals surface area contributed by atoms with Gasteiger partial charge in [-0.2, -0.15) is 0 Å². The van der Waals surface area contributed by atoms with Crippen molar-refractivity contribution in [3.8, 4) is 5.82 Å². The van der Waals surface area contributed by atoms with E-state index in [-0.39, 0.29) is 0 Å². The van der Waals surface area contributed by atoms with Crippen molar-refractivity contribution < 1.29 is 0 Å². The minimum atomic E-state index is 0.474. The van der Waals surface area contributed by atoms with E-state index < -0.39 is 0 Å². The molecule has 2 atom stereocenters. The second kappa shape index (κ2) is 5.25. The number of pyridine rings is 1. The van der Waals surface area contributed by atoms with Crippen molar-refractivity contribution in [1.29, 1.82) is 0 Å². The lowest BCUT2D eigenvalue weighted by molar-refractivity contribution is 0.330. The maximum atomic E-state index is 4.51. The third-order valence-corrected chi connectivity index (χ3v) is 4.09. The Morgan fingerprint density at radius 1 is 1.30 bits per heavy atom. The van der Waals surface area contributed by atoms with E-state index in [1.165, 1.54) is 0 Å². The smallest absolute Gasteiger partial charge is 0.161 e. The second-order valence-corrected chi connectivity index (χ2v) is 5.58. The average molecular weight is 271 g/mol. The number of rotatable bonds is 3. The molecule has 3 rings (SSSR count). The van der Waals surface area contributed by atoms with Crippen molar-refractivity contribution >= 4 is 5.69 Å². The molecule has 0 spiro atoms. The van der Waals surface area contributed by atoms with Gasteiger partial charge in [-0.3, -0.25) is 4.57 Å². The summed E-state index contributed by atoms with van der Waals surface area (Å²) in [5.41, 5.74) is 1.07. The molecule has 2 aromatic heterocycles. The van der Waals surface area contributed by atoms with E-state index in [9.17, 15) is 0 Å². The number of hydrogen-bond acceptors (Lipinski definition) is 4. The molecule has 0 saturated carbocycles. The van der Waals surface area contributed by atoms with E-state index in [2.05, 4.69) is 40.2 Å². The van der Waals surface area contributed by atoms with Gasteiger partial charge in [-0.1, -0.05) is 0 Å². The molecule has 1 saturated heterocycles. The highest BCUT2D eigenvalue weighted by Crippen LogP contribution is 2.23. The van der Waals surface area contributed by atoms with Gasteiger partial charge in [0.2, 0.25) is 0 Å². The van der Waals surface area contributed by atoms with Gasteiger partial charge in [0.25, 0.3) is 0 Å². The van der Waals surface area contributed by atoms with Gasteiger partial charge in [-0.25, -0.2) is 9.97 Å². The summed E-state index contributed by atoms with van der Waals surface area (Å²) in [4.78, 5) is 11.2. The van der Waals surface area contributed by atoms with Gasteiger partial charge in [-0.05, 0) is 39.4 Å². The van der Waals surface area contributed by atoms with Crippen molar-refractivity contribution in [2.24, 2.45) is 0 Å². The normalized spacial score (nSPS) is 23.1. The Labute approximate surface area is 119 Å². The largest absolute Gasteiger partial charge is 0.378 e. The summed E-state index contributed by atoms with van der Waals surface area (Å²) < 4.78 is 2.02. The Morgan fingerprint density at radius 3 is 2.80 bits per heavy atom. The molecule has 1 fully saturated rings. The molecule has 2 aromatic rings. The minimum Gasteiger partial charge on any atom is -0.378 e. The Kier molecular flexibility index (Phi) is 3.44. The molecule has 0 aliphatic carbocycles. The Hall–Kier alpha value is -1.88. The first-order chi connectivity index (χ1) is 9.65. The maximum absolute atomic E-state index is 4.51. The molecule has 106 valence electrons. The first-order valence-corrected chi connectivity index (χ1v) is 7.07. The molecule has 0 radical (unpaired) electrons. The fourth-order valence-electron chi connectivity index (χ4n) is 2.82. The molecule has 0 bridgehead atoms. The SMILES string of the molecule is Cc1nccn1-c1ncccc1NC1CC(C)N(C)C1. The molecule has 1 aliphatic heterocycles. The van der Waals surface area contributed by atoms with Gasteiger partial charge in [0.05, 0.1) is 5.69 Å². The Morgan fingerprint density at radius 2 is 2.15 bits per heavy atom. The summed E-state index contributed by atoms with van der Waals surface area (Å²) in [6, 6.07) is 5.16. The highest BCUT2D eigenvalue weighted by Gasteiger charge is 2.26. The van der Waals surface area contributed by atoms with Gasteiger partial charge < -0.3 is 10.2 Å². The van der Waals surface area contributed by atoms with E-state index in [0.717, 1.165) is 30.3 Å². The second-order valence-electron chi connectivity index (χ2n) is 5.58. The number of likely N-dealkylation sites (N-methyl/N-ethyl adjacent to an activating group) is 1.